The summed E-state index contributed by atoms with van der Waals surface area (Å²) in [7, 11) is 1.88. The van der Waals surface area contributed by atoms with Crippen molar-refractivity contribution in [2.24, 2.45) is 0 Å². The Labute approximate surface area is 115 Å². The second kappa shape index (κ2) is 6.19. The van der Waals surface area contributed by atoms with E-state index in [9.17, 15) is 5.11 Å². The summed E-state index contributed by atoms with van der Waals surface area (Å²) in [6.07, 6.45) is 4.93. The molecule has 0 atom stereocenters. The Hall–Kier alpha value is -1.36. The summed E-state index contributed by atoms with van der Waals surface area (Å²) in [4.78, 5) is 11.3. The van der Waals surface area contributed by atoms with Crippen molar-refractivity contribution in [1.29, 1.82) is 0 Å². The van der Waals surface area contributed by atoms with E-state index < -0.39 is 0 Å². The molecule has 0 radical (unpaired) electrons. The number of hydrogen-bond donors (Lipinski definition) is 2. The summed E-state index contributed by atoms with van der Waals surface area (Å²) >= 11 is 0. The van der Waals surface area contributed by atoms with Crippen LogP contribution in [-0.4, -0.2) is 41.3 Å². The maximum Gasteiger partial charge on any atom is 0.137 e. The topological polar surface area (TPSA) is 61.3 Å². The first-order valence-corrected chi connectivity index (χ1v) is 7.08. The zero-order chi connectivity index (χ0) is 13.8. The molecule has 1 aliphatic carbocycles. The molecular formula is C14H24N4O. The smallest absolute Gasteiger partial charge is 0.137 e. The molecule has 19 heavy (non-hydrogen) atoms. The summed E-state index contributed by atoms with van der Waals surface area (Å²) in [5.41, 5.74) is 1.06. The molecule has 1 saturated carbocycles. The van der Waals surface area contributed by atoms with Crippen molar-refractivity contribution in [2.75, 3.05) is 30.4 Å². The number of hydrogen-bond acceptors (Lipinski definition) is 5. The highest BCUT2D eigenvalue weighted by Gasteiger charge is 2.25. The van der Waals surface area contributed by atoms with Crippen LogP contribution in [0.1, 0.15) is 37.1 Å². The highest BCUT2D eigenvalue weighted by Crippen LogP contribution is 2.30. The lowest BCUT2D eigenvalue weighted by atomic mass is 10.2. The fourth-order valence-electron chi connectivity index (χ4n) is 2.92. The van der Waals surface area contributed by atoms with Crippen LogP contribution in [-0.2, 0) is 0 Å². The zero-order valence-electron chi connectivity index (χ0n) is 12.1. The van der Waals surface area contributed by atoms with E-state index in [4.69, 9.17) is 0 Å². The molecule has 5 heteroatoms. The van der Waals surface area contributed by atoms with Gasteiger partial charge < -0.3 is 15.3 Å². The lowest BCUT2D eigenvalue weighted by Gasteiger charge is -2.31. The van der Waals surface area contributed by atoms with Crippen LogP contribution in [0.4, 0.5) is 11.6 Å². The normalized spacial score (nSPS) is 15.8. The molecule has 0 aromatic carbocycles. The van der Waals surface area contributed by atoms with Crippen molar-refractivity contribution in [3.8, 4) is 0 Å². The Morgan fingerprint density at radius 2 is 1.95 bits per heavy atom. The second-order valence-corrected chi connectivity index (χ2v) is 5.17. The van der Waals surface area contributed by atoms with E-state index in [1.807, 2.05) is 20.9 Å². The summed E-state index contributed by atoms with van der Waals surface area (Å²) in [6, 6.07) is 0.504. The van der Waals surface area contributed by atoms with Crippen LogP contribution in [0.3, 0.4) is 0 Å². The number of aliphatic hydroxyl groups excluding tert-OH is 1. The number of rotatable bonds is 5. The number of aromatic nitrogens is 2. The van der Waals surface area contributed by atoms with Crippen LogP contribution in [0, 0.1) is 13.8 Å². The third-order valence-corrected chi connectivity index (χ3v) is 3.85. The van der Waals surface area contributed by atoms with E-state index in [-0.39, 0.29) is 6.61 Å². The van der Waals surface area contributed by atoms with E-state index in [1.54, 1.807) is 0 Å². The largest absolute Gasteiger partial charge is 0.395 e. The summed E-state index contributed by atoms with van der Waals surface area (Å²) < 4.78 is 0. The molecular weight excluding hydrogens is 240 g/mol. The van der Waals surface area contributed by atoms with E-state index in [0.717, 1.165) is 23.0 Å². The molecule has 0 amide bonds. The van der Waals surface area contributed by atoms with Gasteiger partial charge in [0.2, 0.25) is 0 Å². The summed E-state index contributed by atoms with van der Waals surface area (Å²) in [5.74, 6) is 2.62. The minimum absolute atomic E-state index is 0.161. The molecule has 106 valence electrons. The van der Waals surface area contributed by atoms with E-state index in [0.29, 0.717) is 12.6 Å². The highest BCUT2D eigenvalue weighted by atomic mass is 16.3. The van der Waals surface area contributed by atoms with Gasteiger partial charge in [0.15, 0.2) is 0 Å². The van der Waals surface area contributed by atoms with Gasteiger partial charge in [-0.25, -0.2) is 9.97 Å². The summed E-state index contributed by atoms with van der Waals surface area (Å²) in [5, 5.41) is 12.5. The molecule has 2 N–H and O–H groups in total. The van der Waals surface area contributed by atoms with Gasteiger partial charge in [-0.2, -0.15) is 0 Å². The first-order chi connectivity index (χ1) is 9.17. The lowest BCUT2D eigenvalue weighted by molar-refractivity contribution is 0.296. The SMILES string of the molecule is CNc1nc(C)nc(N(CCO)C2CCCC2)c1C. The predicted molar refractivity (Wildman–Crippen MR) is 77.7 cm³/mol. The van der Waals surface area contributed by atoms with Crippen LogP contribution >= 0.6 is 0 Å². The number of nitrogens with one attached hydrogen (secondary N) is 1. The first-order valence-electron chi connectivity index (χ1n) is 7.08. The van der Waals surface area contributed by atoms with Crippen molar-refractivity contribution < 1.29 is 5.11 Å². The Kier molecular flexibility index (Phi) is 4.58. The van der Waals surface area contributed by atoms with Crippen LogP contribution in [0.25, 0.3) is 0 Å². The molecule has 1 fully saturated rings. The molecule has 1 aromatic heterocycles. The Morgan fingerprint density at radius 3 is 2.53 bits per heavy atom. The van der Waals surface area contributed by atoms with Crippen LogP contribution in [0.15, 0.2) is 0 Å². The van der Waals surface area contributed by atoms with Gasteiger partial charge in [-0.15, -0.1) is 0 Å². The minimum Gasteiger partial charge on any atom is -0.395 e. The monoisotopic (exact) mass is 264 g/mol. The molecule has 0 bridgehead atoms. The molecule has 1 aliphatic rings. The maximum atomic E-state index is 9.34. The lowest BCUT2D eigenvalue weighted by Crippen LogP contribution is -2.37. The average molecular weight is 264 g/mol. The molecule has 0 unspecified atom stereocenters. The fraction of sp³-hybridized carbons (Fsp3) is 0.714. The maximum absolute atomic E-state index is 9.34. The van der Waals surface area contributed by atoms with Gasteiger partial charge >= 0.3 is 0 Å². The van der Waals surface area contributed by atoms with Gasteiger partial charge in [-0.05, 0) is 26.7 Å². The van der Waals surface area contributed by atoms with Gasteiger partial charge in [-0.1, -0.05) is 12.8 Å². The quantitative estimate of drug-likeness (QED) is 0.850. The molecule has 2 rings (SSSR count). The van der Waals surface area contributed by atoms with Crippen molar-refractivity contribution >= 4 is 11.6 Å². The molecule has 0 aliphatic heterocycles. The van der Waals surface area contributed by atoms with Crippen molar-refractivity contribution in [3.63, 3.8) is 0 Å². The standard InChI is InChI=1S/C14H24N4O/c1-10-13(15-3)16-11(2)17-14(10)18(8-9-19)12-6-4-5-7-12/h12,19H,4-9H2,1-3H3,(H,15,16,17). The molecule has 1 aromatic rings. The predicted octanol–water partition coefficient (Wildman–Crippen LogP) is 1.88. The van der Waals surface area contributed by atoms with Gasteiger partial charge in [0.25, 0.3) is 0 Å². The third kappa shape index (κ3) is 2.97. The molecule has 5 nitrogen and oxygen atoms in total. The van der Waals surface area contributed by atoms with Gasteiger partial charge in [0, 0.05) is 25.2 Å². The molecule has 1 heterocycles. The van der Waals surface area contributed by atoms with Crippen molar-refractivity contribution in [3.05, 3.63) is 11.4 Å². The zero-order valence-corrected chi connectivity index (χ0v) is 12.1. The Morgan fingerprint density at radius 1 is 1.26 bits per heavy atom. The first kappa shape index (κ1) is 14.1. The second-order valence-electron chi connectivity index (χ2n) is 5.17. The van der Waals surface area contributed by atoms with Gasteiger partial charge in [0.1, 0.15) is 17.5 Å². The number of nitrogens with zero attached hydrogens (tertiary/aromatic N) is 3. The van der Waals surface area contributed by atoms with E-state index >= 15 is 0 Å². The average Bonchev–Trinajstić information content (AvgIpc) is 2.92. The van der Waals surface area contributed by atoms with Gasteiger partial charge in [-0.3, -0.25) is 0 Å². The number of aliphatic hydroxyl groups is 1. The van der Waals surface area contributed by atoms with E-state index in [2.05, 4.69) is 20.2 Å². The van der Waals surface area contributed by atoms with E-state index in [1.165, 1.54) is 25.7 Å². The van der Waals surface area contributed by atoms with Crippen LogP contribution < -0.4 is 10.2 Å². The highest BCUT2D eigenvalue weighted by molar-refractivity contribution is 5.59. The Bertz CT molecular complexity index is 430. The molecule has 0 saturated heterocycles. The minimum atomic E-state index is 0.161. The van der Waals surface area contributed by atoms with Crippen molar-refractivity contribution in [2.45, 2.75) is 45.6 Å². The van der Waals surface area contributed by atoms with Crippen LogP contribution in [0.2, 0.25) is 0 Å². The Balaban J connectivity index is 2.37. The van der Waals surface area contributed by atoms with Gasteiger partial charge in [0.05, 0.1) is 6.61 Å². The van der Waals surface area contributed by atoms with Crippen LogP contribution in [0.5, 0.6) is 0 Å². The number of anilines is 2. The van der Waals surface area contributed by atoms with Crippen molar-refractivity contribution in [1.82, 2.24) is 9.97 Å². The third-order valence-electron chi connectivity index (χ3n) is 3.85. The molecule has 0 spiro atoms. The number of aryl methyl sites for hydroxylation is 1. The summed E-state index contributed by atoms with van der Waals surface area (Å²) in [6.45, 7) is 4.76. The fourth-order valence-corrected chi connectivity index (χ4v) is 2.92.